The molecular formula is C11H12FN. The van der Waals surface area contributed by atoms with Crippen LogP contribution in [0.4, 0.5) is 4.39 Å². The highest BCUT2D eigenvalue weighted by Crippen LogP contribution is 2.40. The van der Waals surface area contributed by atoms with Crippen molar-refractivity contribution in [2.75, 3.05) is 13.1 Å². The molecule has 1 aromatic rings. The highest BCUT2D eigenvalue weighted by Gasteiger charge is 2.42. The molecule has 0 unspecified atom stereocenters. The molecule has 1 heterocycles. The van der Waals surface area contributed by atoms with Crippen molar-refractivity contribution in [3.05, 3.63) is 35.1 Å². The third-order valence-corrected chi connectivity index (χ3v) is 3.33. The van der Waals surface area contributed by atoms with E-state index in [1.54, 1.807) is 6.07 Å². The summed E-state index contributed by atoms with van der Waals surface area (Å²) in [5.74, 6) is -0.0127. The van der Waals surface area contributed by atoms with Gasteiger partial charge in [0, 0.05) is 18.5 Å². The molecule has 0 radical (unpaired) electrons. The molecule has 3 rings (SSSR count). The Labute approximate surface area is 77.0 Å². The van der Waals surface area contributed by atoms with E-state index in [-0.39, 0.29) is 5.82 Å². The Morgan fingerprint density at radius 1 is 1.23 bits per heavy atom. The molecule has 1 N–H and O–H groups in total. The van der Waals surface area contributed by atoms with Crippen LogP contribution in [0, 0.1) is 11.2 Å². The summed E-state index contributed by atoms with van der Waals surface area (Å²) in [5.41, 5.74) is 2.55. The van der Waals surface area contributed by atoms with E-state index in [0.29, 0.717) is 5.41 Å². The highest BCUT2D eigenvalue weighted by atomic mass is 19.1. The average molecular weight is 177 g/mol. The Morgan fingerprint density at radius 2 is 2.08 bits per heavy atom. The molecule has 2 aliphatic rings. The Kier molecular flexibility index (Phi) is 1.34. The Morgan fingerprint density at radius 3 is 2.69 bits per heavy atom. The van der Waals surface area contributed by atoms with Crippen LogP contribution >= 0.6 is 0 Å². The third kappa shape index (κ3) is 0.953. The van der Waals surface area contributed by atoms with E-state index in [0.717, 1.165) is 31.5 Å². The molecular weight excluding hydrogens is 165 g/mol. The zero-order valence-electron chi connectivity index (χ0n) is 7.44. The van der Waals surface area contributed by atoms with Crippen LogP contribution in [-0.2, 0) is 12.8 Å². The third-order valence-electron chi connectivity index (χ3n) is 3.33. The normalized spacial score (nSPS) is 22.8. The lowest BCUT2D eigenvalue weighted by molar-refractivity contribution is 0.182. The zero-order valence-corrected chi connectivity index (χ0v) is 7.44. The van der Waals surface area contributed by atoms with Gasteiger partial charge in [0.1, 0.15) is 5.82 Å². The smallest absolute Gasteiger partial charge is 0.126 e. The largest absolute Gasteiger partial charge is 0.315 e. The SMILES string of the molecule is Fc1cccc2c1CC1(CNC1)C2. The van der Waals surface area contributed by atoms with Gasteiger partial charge in [0.25, 0.3) is 0 Å². The lowest BCUT2D eigenvalue weighted by Gasteiger charge is -2.39. The minimum atomic E-state index is -0.0127. The number of benzene rings is 1. The first kappa shape index (κ1) is 7.51. The van der Waals surface area contributed by atoms with Gasteiger partial charge >= 0.3 is 0 Å². The molecule has 1 fully saturated rings. The van der Waals surface area contributed by atoms with Crippen LogP contribution in [0.15, 0.2) is 18.2 Å². The summed E-state index contributed by atoms with van der Waals surface area (Å²) < 4.78 is 13.4. The van der Waals surface area contributed by atoms with Gasteiger partial charge < -0.3 is 5.32 Å². The molecule has 1 aromatic carbocycles. The van der Waals surface area contributed by atoms with E-state index in [9.17, 15) is 4.39 Å². The van der Waals surface area contributed by atoms with E-state index in [1.807, 2.05) is 6.07 Å². The molecule has 1 aliphatic heterocycles. The van der Waals surface area contributed by atoms with E-state index in [2.05, 4.69) is 11.4 Å². The molecule has 0 bridgehead atoms. The van der Waals surface area contributed by atoms with E-state index < -0.39 is 0 Å². The van der Waals surface area contributed by atoms with Crippen LogP contribution < -0.4 is 5.32 Å². The van der Waals surface area contributed by atoms with Crippen molar-refractivity contribution in [3.8, 4) is 0 Å². The van der Waals surface area contributed by atoms with Crippen LogP contribution in [-0.4, -0.2) is 13.1 Å². The van der Waals surface area contributed by atoms with Crippen LogP contribution in [0.2, 0.25) is 0 Å². The van der Waals surface area contributed by atoms with E-state index in [4.69, 9.17) is 0 Å². The second kappa shape index (κ2) is 2.32. The number of hydrogen-bond donors (Lipinski definition) is 1. The highest BCUT2D eigenvalue weighted by molar-refractivity contribution is 5.37. The fourth-order valence-corrected chi connectivity index (χ4v) is 2.54. The van der Waals surface area contributed by atoms with Gasteiger partial charge in [-0.1, -0.05) is 12.1 Å². The molecule has 1 saturated heterocycles. The minimum Gasteiger partial charge on any atom is -0.315 e. The molecule has 1 nitrogen and oxygen atoms in total. The van der Waals surface area contributed by atoms with Crippen molar-refractivity contribution in [3.63, 3.8) is 0 Å². The summed E-state index contributed by atoms with van der Waals surface area (Å²) >= 11 is 0. The molecule has 68 valence electrons. The van der Waals surface area contributed by atoms with Gasteiger partial charge in [-0.2, -0.15) is 0 Å². The Balaban J connectivity index is 2.03. The van der Waals surface area contributed by atoms with Gasteiger partial charge in [0.15, 0.2) is 0 Å². The summed E-state index contributed by atoms with van der Waals surface area (Å²) in [4.78, 5) is 0. The van der Waals surface area contributed by atoms with E-state index in [1.165, 1.54) is 5.56 Å². The molecule has 1 spiro atoms. The molecule has 0 amide bonds. The van der Waals surface area contributed by atoms with Crippen molar-refractivity contribution in [2.45, 2.75) is 12.8 Å². The molecule has 2 heteroatoms. The number of nitrogens with one attached hydrogen (secondary N) is 1. The average Bonchev–Trinajstić information content (AvgIpc) is 2.44. The first-order valence-corrected chi connectivity index (χ1v) is 4.76. The topological polar surface area (TPSA) is 12.0 Å². The zero-order chi connectivity index (χ0) is 8.89. The second-order valence-electron chi connectivity index (χ2n) is 4.33. The first-order chi connectivity index (χ1) is 6.29. The molecule has 0 saturated carbocycles. The number of rotatable bonds is 0. The van der Waals surface area contributed by atoms with Crippen molar-refractivity contribution in [2.24, 2.45) is 5.41 Å². The van der Waals surface area contributed by atoms with Gasteiger partial charge in [-0.3, -0.25) is 0 Å². The lowest BCUT2D eigenvalue weighted by Crippen LogP contribution is -2.54. The van der Waals surface area contributed by atoms with Crippen LogP contribution in [0.1, 0.15) is 11.1 Å². The van der Waals surface area contributed by atoms with Gasteiger partial charge in [0.05, 0.1) is 0 Å². The Bertz CT molecular complexity index is 355. The predicted octanol–water partition coefficient (Wildman–Crippen LogP) is 1.51. The summed E-state index contributed by atoms with van der Waals surface area (Å²) in [6, 6.07) is 5.45. The molecule has 0 atom stereocenters. The second-order valence-corrected chi connectivity index (χ2v) is 4.33. The molecule has 13 heavy (non-hydrogen) atoms. The van der Waals surface area contributed by atoms with Crippen LogP contribution in [0.25, 0.3) is 0 Å². The molecule has 1 aliphatic carbocycles. The predicted molar refractivity (Wildman–Crippen MR) is 49.1 cm³/mol. The lowest BCUT2D eigenvalue weighted by atomic mass is 9.79. The van der Waals surface area contributed by atoms with Crippen molar-refractivity contribution >= 4 is 0 Å². The summed E-state index contributed by atoms with van der Waals surface area (Å²) in [6.07, 6.45) is 2.00. The van der Waals surface area contributed by atoms with E-state index >= 15 is 0 Å². The fraction of sp³-hybridized carbons (Fsp3) is 0.455. The fourth-order valence-electron chi connectivity index (χ4n) is 2.54. The maximum absolute atomic E-state index is 13.4. The Hall–Kier alpha value is -0.890. The summed E-state index contributed by atoms with van der Waals surface area (Å²) in [6.45, 7) is 2.11. The maximum Gasteiger partial charge on any atom is 0.126 e. The summed E-state index contributed by atoms with van der Waals surface area (Å²) in [5, 5.41) is 3.28. The summed E-state index contributed by atoms with van der Waals surface area (Å²) in [7, 11) is 0. The number of hydrogen-bond acceptors (Lipinski definition) is 1. The first-order valence-electron chi connectivity index (χ1n) is 4.76. The quantitative estimate of drug-likeness (QED) is 0.633. The standard InChI is InChI=1S/C11H12FN/c12-10-3-1-2-8-4-11(5-9(8)10)6-13-7-11/h1-3,13H,4-7H2. The van der Waals surface area contributed by atoms with Gasteiger partial charge in [-0.25, -0.2) is 4.39 Å². The van der Waals surface area contributed by atoms with Crippen molar-refractivity contribution in [1.29, 1.82) is 0 Å². The van der Waals surface area contributed by atoms with Gasteiger partial charge in [0.2, 0.25) is 0 Å². The maximum atomic E-state index is 13.4. The number of fused-ring (bicyclic) bond motifs is 1. The van der Waals surface area contributed by atoms with Gasteiger partial charge in [-0.05, 0) is 30.0 Å². The van der Waals surface area contributed by atoms with Gasteiger partial charge in [-0.15, -0.1) is 0 Å². The van der Waals surface area contributed by atoms with Crippen molar-refractivity contribution in [1.82, 2.24) is 5.32 Å². The van der Waals surface area contributed by atoms with Crippen LogP contribution in [0.3, 0.4) is 0 Å². The van der Waals surface area contributed by atoms with Crippen LogP contribution in [0.5, 0.6) is 0 Å². The monoisotopic (exact) mass is 177 g/mol. The van der Waals surface area contributed by atoms with Crippen molar-refractivity contribution < 1.29 is 4.39 Å². The minimum absolute atomic E-state index is 0.0127. The molecule has 0 aromatic heterocycles. The number of halogens is 1.